The molecule has 1 N–H and O–H groups in total. The van der Waals surface area contributed by atoms with E-state index in [0.29, 0.717) is 5.56 Å². The number of carbonyl (C=O) groups is 2. The molecule has 0 spiro atoms. The highest BCUT2D eigenvalue weighted by atomic mass is 16.1. The van der Waals surface area contributed by atoms with Crippen LogP contribution in [0.5, 0.6) is 0 Å². The van der Waals surface area contributed by atoms with Crippen molar-refractivity contribution < 1.29 is 9.59 Å². The fourth-order valence-corrected chi connectivity index (χ4v) is 5.21. The zero-order chi connectivity index (χ0) is 23.2. The molecular weight excluding hydrogens is 410 g/mol. The molecule has 2 aliphatic rings. The molecule has 1 fully saturated rings. The molecule has 5 heteroatoms. The van der Waals surface area contributed by atoms with Crippen LogP contribution in [-0.2, 0) is 12.8 Å². The summed E-state index contributed by atoms with van der Waals surface area (Å²) < 4.78 is 0. The van der Waals surface area contributed by atoms with Crippen LogP contribution in [0.1, 0.15) is 77.8 Å². The molecular formula is C28H37N3O2. The molecule has 1 aromatic carbocycles. The number of nitrogens with zero attached hydrogens (tertiary/aromatic N) is 2. The Labute approximate surface area is 198 Å². The van der Waals surface area contributed by atoms with Crippen molar-refractivity contribution in [2.75, 3.05) is 19.6 Å². The Hall–Kier alpha value is -2.53. The van der Waals surface area contributed by atoms with Gasteiger partial charge in [0.05, 0.1) is 0 Å². The molecule has 0 bridgehead atoms. The SMILES string of the molecule is CC(C)C(=O)c1ccc2c(c1)CCN(CCC1CCC(NC(=O)c3ccncc3)CC1)CC2. The van der Waals surface area contributed by atoms with Crippen molar-refractivity contribution in [1.29, 1.82) is 0 Å². The number of ketones is 1. The van der Waals surface area contributed by atoms with Crippen LogP contribution in [0.2, 0.25) is 0 Å². The lowest BCUT2D eigenvalue weighted by molar-refractivity contribution is 0.0917. The van der Waals surface area contributed by atoms with Gasteiger partial charge in [0.1, 0.15) is 0 Å². The van der Waals surface area contributed by atoms with Crippen molar-refractivity contribution in [2.24, 2.45) is 11.8 Å². The van der Waals surface area contributed by atoms with Crippen LogP contribution >= 0.6 is 0 Å². The summed E-state index contributed by atoms with van der Waals surface area (Å²) in [6.07, 6.45) is 11.2. The van der Waals surface area contributed by atoms with Gasteiger partial charge in [-0.2, -0.15) is 0 Å². The molecule has 4 rings (SSSR count). The Morgan fingerprint density at radius 1 is 0.970 bits per heavy atom. The first-order chi connectivity index (χ1) is 16.0. The van der Waals surface area contributed by atoms with E-state index < -0.39 is 0 Å². The molecule has 0 radical (unpaired) electrons. The van der Waals surface area contributed by atoms with Crippen LogP contribution in [0.25, 0.3) is 0 Å². The summed E-state index contributed by atoms with van der Waals surface area (Å²) in [6, 6.07) is 10.2. The van der Waals surface area contributed by atoms with Crippen LogP contribution in [0.3, 0.4) is 0 Å². The Balaban J connectivity index is 1.20. The number of pyridine rings is 1. The lowest BCUT2D eigenvalue weighted by Crippen LogP contribution is -2.38. The highest BCUT2D eigenvalue weighted by molar-refractivity contribution is 5.97. The zero-order valence-corrected chi connectivity index (χ0v) is 20.1. The van der Waals surface area contributed by atoms with E-state index in [2.05, 4.69) is 27.3 Å². The second-order valence-electron chi connectivity index (χ2n) is 10.1. The normalized spacial score (nSPS) is 21.3. The first-order valence-electron chi connectivity index (χ1n) is 12.6. The largest absolute Gasteiger partial charge is 0.349 e. The summed E-state index contributed by atoms with van der Waals surface area (Å²) in [6.45, 7) is 7.26. The van der Waals surface area contributed by atoms with Gasteiger partial charge < -0.3 is 10.2 Å². The van der Waals surface area contributed by atoms with E-state index in [1.165, 1.54) is 30.4 Å². The first kappa shape index (κ1) is 23.6. The molecule has 5 nitrogen and oxygen atoms in total. The number of amides is 1. The smallest absolute Gasteiger partial charge is 0.251 e. The van der Waals surface area contributed by atoms with Crippen molar-refractivity contribution in [3.63, 3.8) is 0 Å². The third-order valence-corrected chi connectivity index (χ3v) is 7.39. The van der Waals surface area contributed by atoms with Gasteiger partial charge in [-0.3, -0.25) is 14.6 Å². The summed E-state index contributed by atoms with van der Waals surface area (Å²) >= 11 is 0. The minimum absolute atomic E-state index is 0.0169. The van der Waals surface area contributed by atoms with Crippen LogP contribution in [0.4, 0.5) is 0 Å². The number of nitrogens with one attached hydrogen (secondary N) is 1. The van der Waals surface area contributed by atoms with Crippen molar-refractivity contribution >= 4 is 11.7 Å². The van der Waals surface area contributed by atoms with E-state index in [1.807, 2.05) is 19.9 Å². The van der Waals surface area contributed by atoms with Gasteiger partial charge in [-0.25, -0.2) is 0 Å². The van der Waals surface area contributed by atoms with E-state index in [-0.39, 0.29) is 23.7 Å². The van der Waals surface area contributed by atoms with Crippen molar-refractivity contribution in [1.82, 2.24) is 15.2 Å². The van der Waals surface area contributed by atoms with E-state index in [9.17, 15) is 9.59 Å². The molecule has 2 aromatic rings. The molecule has 2 heterocycles. The second kappa shape index (κ2) is 11.1. The maximum absolute atomic E-state index is 12.4. The van der Waals surface area contributed by atoms with Crippen molar-refractivity contribution in [2.45, 2.75) is 64.8 Å². The number of fused-ring (bicyclic) bond motifs is 1. The standard InChI is InChI=1S/C28H37N3O2/c1-20(2)27(32)25-6-5-22-12-17-31(18-13-24(22)19-25)16-11-21-3-7-26(8-4-21)30-28(33)23-9-14-29-15-10-23/h5-6,9-10,14-15,19-21,26H,3-4,7-8,11-13,16-18H2,1-2H3,(H,30,33). The quantitative estimate of drug-likeness (QED) is 0.625. The number of hydrogen-bond acceptors (Lipinski definition) is 4. The third kappa shape index (κ3) is 6.29. The topological polar surface area (TPSA) is 62.3 Å². The van der Waals surface area contributed by atoms with Crippen LogP contribution < -0.4 is 5.32 Å². The van der Waals surface area contributed by atoms with Gasteiger partial charge >= 0.3 is 0 Å². The fourth-order valence-electron chi connectivity index (χ4n) is 5.21. The zero-order valence-electron chi connectivity index (χ0n) is 20.1. The van der Waals surface area contributed by atoms with E-state index in [1.54, 1.807) is 24.5 Å². The molecule has 1 amide bonds. The maximum atomic E-state index is 12.4. The summed E-state index contributed by atoms with van der Waals surface area (Å²) in [5.41, 5.74) is 4.32. The number of carbonyl (C=O) groups excluding carboxylic acids is 2. The molecule has 176 valence electrons. The lowest BCUT2D eigenvalue weighted by atomic mass is 9.84. The fraction of sp³-hybridized carbons (Fsp3) is 0.536. The van der Waals surface area contributed by atoms with E-state index in [4.69, 9.17) is 0 Å². The average Bonchev–Trinajstić information content (AvgIpc) is 3.05. The molecule has 33 heavy (non-hydrogen) atoms. The third-order valence-electron chi connectivity index (χ3n) is 7.39. The summed E-state index contributed by atoms with van der Waals surface area (Å²) in [5, 5.41) is 3.20. The number of rotatable bonds is 7. The Bertz CT molecular complexity index is 949. The van der Waals surface area contributed by atoms with Crippen molar-refractivity contribution in [3.8, 4) is 0 Å². The molecule has 0 unspecified atom stereocenters. The molecule has 1 aromatic heterocycles. The van der Waals surface area contributed by atoms with Gasteiger partial charge in [-0.15, -0.1) is 0 Å². The minimum Gasteiger partial charge on any atom is -0.349 e. The predicted molar refractivity (Wildman–Crippen MR) is 132 cm³/mol. The molecule has 0 saturated heterocycles. The monoisotopic (exact) mass is 447 g/mol. The predicted octanol–water partition coefficient (Wildman–Crippen LogP) is 4.70. The Morgan fingerprint density at radius 3 is 2.36 bits per heavy atom. The van der Waals surface area contributed by atoms with Gasteiger partial charge in [0.2, 0.25) is 0 Å². The van der Waals surface area contributed by atoms with Gasteiger partial charge in [0.25, 0.3) is 5.91 Å². The van der Waals surface area contributed by atoms with Gasteiger partial charge in [0.15, 0.2) is 5.78 Å². The van der Waals surface area contributed by atoms with Crippen LogP contribution in [0.15, 0.2) is 42.7 Å². The Morgan fingerprint density at radius 2 is 1.67 bits per heavy atom. The van der Waals surface area contributed by atoms with Gasteiger partial charge in [0, 0.05) is 48.6 Å². The van der Waals surface area contributed by atoms with E-state index in [0.717, 1.165) is 56.8 Å². The van der Waals surface area contributed by atoms with Crippen LogP contribution in [0, 0.1) is 11.8 Å². The average molecular weight is 448 g/mol. The summed E-state index contributed by atoms with van der Waals surface area (Å²) in [4.78, 5) is 31.3. The molecule has 1 aliphatic heterocycles. The van der Waals surface area contributed by atoms with Crippen molar-refractivity contribution in [3.05, 3.63) is 65.0 Å². The van der Waals surface area contributed by atoms with Gasteiger partial charge in [-0.05, 0) is 86.7 Å². The summed E-state index contributed by atoms with van der Waals surface area (Å²) in [5.74, 6) is 1.05. The minimum atomic E-state index is 0.0169. The first-order valence-corrected chi connectivity index (χ1v) is 12.6. The number of Topliss-reactive ketones (excluding diaryl/α,β-unsaturated/α-hetero) is 1. The molecule has 0 atom stereocenters. The maximum Gasteiger partial charge on any atom is 0.251 e. The van der Waals surface area contributed by atoms with Gasteiger partial charge in [-0.1, -0.05) is 26.0 Å². The highest BCUT2D eigenvalue weighted by Gasteiger charge is 2.24. The second-order valence-corrected chi connectivity index (χ2v) is 10.1. The Kier molecular flexibility index (Phi) is 7.92. The molecule has 1 saturated carbocycles. The number of aromatic nitrogens is 1. The highest BCUT2D eigenvalue weighted by Crippen LogP contribution is 2.28. The van der Waals surface area contributed by atoms with E-state index >= 15 is 0 Å². The molecule has 1 aliphatic carbocycles. The van der Waals surface area contributed by atoms with Crippen LogP contribution in [-0.4, -0.2) is 47.3 Å². The lowest BCUT2D eigenvalue weighted by Gasteiger charge is -2.30. The summed E-state index contributed by atoms with van der Waals surface area (Å²) in [7, 11) is 0. The number of hydrogen-bond donors (Lipinski definition) is 1. The number of benzene rings is 1.